The standard InChI is InChI=1S/C17H15ClN2O3/c1-22-9-10-23-17(21)13(12-19)11-16-3-2-8-20(16)15-6-4-14(18)5-7-15/h2-8,11H,9-10H2,1H3/b13-11+. The summed E-state index contributed by atoms with van der Waals surface area (Å²) in [5.74, 6) is -0.673. The maximum absolute atomic E-state index is 11.9. The van der Waals surface area contributed by atoms with E-state index in [1.165, 1.54) is 13.2 Å². The summed E-state index contributed by atoms with van der Waals surface area (Å²) in [4.78, 5) is 11.9. The van der Waals surface area contributed by atoms with E-state index in [9.17, 15) is 10.1 Å². The van der Waals surface area contributed by atoms with Crippen molar-refractivity contribution in [2.24, 2.45) is 0 Å². The van der Waals surface area contributed by atoms with Crippen LogP contribution in [0.1, 0.15) is 5.69 Å². The second kappa shape index (κ2) is 8.18. The zero-order valence-electron chi connectivity index (χ0n) is 12.5. The summed E-state index contributed by atoms with van der Waals surface area (Å²) in [6.07, 6.45) is 3.32. The van der Waals surface area contributed by atoms with Gasteiger partial charge in [0.15, 0.2) is 0 Å². The van der Waals surface area contributed by atoms with Crippen molar-refractivity contribution in [1.29, 1.82) is 5.26 Å². The smallest absolute Gasteiger partial charge is 0.349 e. The molecule has 6 heteroatoms. The molecule has 2 aromatic rings. The quantitative estimate of drug-likeness (QED) is 0.353. The van der Waals surface area contributed by atoms with Crippen LogP contribution >= 0.6 is 11.6 Å². The molecular formula is C17H15ClN2O3. The van der Waals surface area contributed by atoms with Crippen molar-refractivity contribution in [3.63, 3.8) is 0 Å². The van der Waals surface area contributed by atoms with Crippen LogP contribution in [0, 0.1) is 11.3 Å². The van der Waals surface area contributed by atoms with Gasteiger partial charge in [0.25, 0.3) is 0 Å². The van der Waals surface area contributed by atoms with Gasteiger partial charge in [0.05, 0.1) is 6.61 Å². The first-order valence-electron chi connectivity index (χ1n) is 6.87. The van der Waals surface area contributed by atoms with Gasteiger partial charge < -0.3 is 14.0 Å². The van der Waals surface area contributed by atoms with Crippen molar-refractivity contribution >= 4 is 23.6 Å². The lowest BCUT2D eigenvalue weighted by atomic mass is 10.2. The SMILES string of the molecule is COCCOC(=O)/C(C#N)=C/c1cccn1-c1ccc(Cl)cc1. The lowest BCUT2D eigenvalue weighted by molar-refractivity contribution is -0.139. The number of ether oxygens (including phenoxy) is 2. The van der Waals surface area contributed by atoms with Gasteiger partial charge in [-0.15, -0.1) is 0 Å². The fourth-order valence-corrected chi connectivity index (χ4v) is 2.05. The normalized spacial score (nSPS) is 11.1. The summed E-state index contributed by atoms with van der Waals surface area (Å²) < 4.78 is 11.6. The minimum atomic E-state index is -0.673. The van der Waals surface area contributed by atoms with Gasteiger partial charge in [-0.05, 0) is 42.5 Å². The number of nitrogens with zero attached hydrogens (tertiary/aromatic N) is 2. The minimum Gasteiger partial charge on any atom is -0.459 e. The van der Waals surface area contributed by atoms with Gasteiger partial charge in [0.2, 0.25) is 0 Å². The van der Waals surface area contributed by atoms with Crippen molar-refractivity contribution in [1.82, 2.24) is 4.57 Å². The van der Waals surface area contributed by atoms with E-state index < -0.39 is 5.97 Å². The monoisotopic (exact) mass is 330 g/mol. The molecule has 0 fully saturated rings. The van der Waals surface area contributed by atoms with Gasteiger partial charge in [-0.1, -0.05) is 11.6 Å². The van der Waals surface area contributed by atoms with E-state index >= 15 is 0 Å². The highest BCUT2D eigenvalue weighted by atomic mass is 35.5. The summed E-state index contributed by atoms with van der Waals surface area (Å²) in [6, 6.07) is 12.7. The molecule has 0 N–H and O–H groups in total. The molecule has 0 spiro atoms. The van der Waals surface area contributed by atoms with Crippen LogP contribution in [0.4, 0.5) is 0 Å². The molecule has 0 aliphatic heterocycles. The Bertz CT molecular complexity index is 742. The number of carbonyl (C=O) groups excluding carboxylic acids is 1. The molecule has 0 aliphatic carbocycles. The van der Waals surface area contributed by atoms with E-state index in [0.29, 0.717) is 10.7 Å². The molecular weight excluding hydrogens is 316 g/mol. The Balaban J connectivity index is 2.24. The molecule has 5 nitrogen and oxygen atoms in total. The summed E-state index contributed by atoms with van der Waals surface area (Å²) in [5, 5.41) is 9.81. The average molecular weight is 331 g/mol. The van der Waals surface area contributed by atoms with Gasteiger partial charge in [-0.3, -0.25) is 0 Å². The number of methoxy groups -OCH3 is 1. The van der Waals surface area contributed by atoms with Crippen LogP contribution in [0.25, 0.3) is 11.8 Å². The van der Waals surface area contributed by atoms with Crippen LogP contribution in [-0.2, 0) is 14.3 Å². The lowest BCUT2D eigenvalue weighted by Crippen LogP contribution is -2.11. The lowest BCUT2D eigenvalue weighted by Gasteiger charge is -2.07. The molecule has 0 saturated heterocycles. The molecule has 0 unspecified atom stereocenters. The van der Waals surface area contributed by atoms with Gasteiger partial charge in [0, 0.05) is 29.7 Å². The highest BCUT2D eigenvalue weighted by molar-refractivity contribution is 6.30. The fraction of sp³-hybridized carbons (Fsp3) is 0.176. The third-order valence-electron chi connectivity index (χ3n) is 3.04. The van der Waals surface area contributed by atoms with Gasteiger partial charge >= 0.3 is 5.97 Å². The summed E-state index contributed by atoms with van der Waals surface area (Å²) >= 11 is 5.89. The highest BCUT2D eigenvalue weighted by Crippen LogP contribution is 2.18. The van der Waals surface area contributed by atoms with Gasteiger partial charge in [-0.2, -0.15) is 5.26 Å². The van der Waals surface area contributed by atoms with Crippen LogP contribution in [0.3, 0.4) is 0 Å². The Morgan fingerprint density at radius 3 is 2.70 bits per heavy atom. The van der Waals surface area contributed by atoms with Crippen LogP contribution in [0.5, 0.6) is 0 Å². The Morgan fingerprint density at radius 2 is 2.04 bits per heavy atom. The Kier molecular flexibility index (Phi) is 5.98. The van der Waals surface area contributed by atoms with Crippen molar-refractivity contribution < 1.29 is 14.3 Å². The Labute approximate surface area is 139 Å². The van der Waals surface area contributed by atoms with Crippen molar-refractivity contribution in [2.45, 2.75) is 0 Å². The fourth-order valence-electron chi connectivity index (χ4n) is 1.93. The minimum absolute atomic E-state index is 0.0741. The molecule has 0 bridgehead atoms. The summed E-state index contributed by atoms with van der Waals surface area (Å²) in [7, 11) is 1.51. The van der Waals surface area contributed by atoms with E-state index in [1.54, 1.807) is 18.2 Å². The number of nitriles is 1. The number of halogens is 1. The largest absolute Gasteiger partial charge is 0.459 e. The average Bonchev–Trinajstić information content (AvgIpc) is 3.01. The molecule has 1 aromatic carbocycles. The number of hydrogen-bond donors (Lipinski definition) is 0. The summed E-state index contributed by atoms with van der Waals surface area (Å²) in [5.41, 5.74) is 1.48. The van der Waals surface area contributed by atoms with Crippen molar-refractivity contribution in [3.05, 3.63) is 58.9 Å². The van der Waals surface area contributed by atoms with E-state index in [4.69, 9.17) is 21.1 Å². The predicted octanol–water partition coefficient (Wildman–Crippen LogP) is 3.23. The van der Waals surface area contributed by atoms with Crippen molar-refractivity contribution in [3.8, 4) is 11.8 Å². The number of benzene rings is 1. The van der Waals surface area contributed by atoms with Crippen LogP contribution < -0.4 is 0 Å². The number of hydrogen-bond acceptors (Lipinski definition) is 4. The Hall–Kier alpha value is -2.55. The molecule has 2 rings (SSSR count). The molecule has 1 aromatic heterocycles. The molecule has 0 amide bonds. The van der Waals surface area contributed by atoms with Crippen molar-refractivity contribution in [2.75, 3.05) is 20.3 Å². The predicted molar refractivity (Wildman–Crippen MR) is 87.2 cm³/mol. The third-order valence-corrected chi connectivity index (χ3v) is 3.29. The Morgan fingerprint density at radius 1 is 1.30 bits per heavy atom. The number of carbonyl (C=O) groups is 1. The zero-order valence-corrected chi connectivity index (χ0v) is 13.3. The maximum atomic E-state index is 11.9. The van der Waals surface area contributed by atoms with E-state index in [1.807, 2.05) is 35.0 Å². The maximum Gasteiger partial charge on any atom is 0.349 e. The van der Waals surface area contributed by atoms with Crippen LogP contribution in [0.2, 0.25) is 5.02 Å². The summed E-state index contributed by atoms with van der Waals surface area (Å²) in [6.45, 7) is 0.387. The zero-order chi connectivity index (χ0) is 16.7. The first-order valence-corrected chi connectivity index (χ1v) is 7.24. The van der Waals surface area contributed by atoms with Gasteiger partial charge in [-0.25, -0.2) is 4.79 Å². The second-order valence-electron chi connectivity index (χ2n) is 4.58. The van der Waals surface area contributed by atoms with Crippen LogP contribution in [0.15, 0.2) is 48.2 Å². The number of rotatable bonds is 6. The van der Waals surface area contributed by atoms with Gasteiger partial charge in [0.1, 0.15) is 18.2 Å². The molecule has 0 atom stereocenters. The topological polar surface area (TPSA) is 64.2 Å². The van der Waals surface area contributed by atoms with E-state index in [0.717, 1.165) is 5.69 Å². The molecule has 23 heavy (non-hydrogen) atoms. The molecule has 0 radical (unpaired) electrons. The second-order valence-corrected chi connectivity index (χ2v) is 5.01. The van der Waals surface area contributed by atoms with E-state index in [-0.39, 0.29) is 18.8 Å². The number of esters is 1. The van der Waals surface area contributed by atoms with Crippen LogP contribution in [-0.4, -0.2) is 30.9 Å². The highest BCUT2D eigenvalue weighted by Gasteiger charge is 2.12. The first kappa shape index (κ1) is 16.8. The molecule has 0 aliphatic rings. The molecule has 118 valence electrons. The first-order chi connectivity index (χ1) is 11.2. The third kappa shape index (κ3) is 4.46. The number of aromatic nitrogens is 1. The molecule has 0 saturated carbocycles. The van der Waals surface area contributed by atoms with E-state index in [2.05, 4.69) is 0 Å². The molecule has 1 heterocycles.